The van der Waals surface area contributed by atoms with Gasteiger partial charge in [0, 0.05) is 12.6 Å². The first-order valence-corrected chi connectivity index (χ1v) is 6.06. The van der Waals surface area contributed by atoms with Crippen molar-refractivity contribution in [2.75, 3.05) is 13.6 Å². The summed E-state index contributed by atoms with van der Waals surface area (Å²) < 4.78 is 30.3. The van der Waals surface area contributed by atoms with Gasteiger partial charge >= 0.3 is 0 Å². The van der Waals surface area contributed by atoms with Crippen LogP contribution in [0.25, 0.3) is 0 Å². The van der Waals surface area contributed by atoms with E-state index in [-0.39, 0.29) is 17.3 Å². The van der Waals surface area contributed by atoms with Crippen molar-refractivity contribution in [3.8, 4) is 12.3 Å². The van der Waals surface area contributed by atoms with Gasteiger partial charge in [0.2, 0.25) is 0 Å². The van der Waals surface area contributed by atoms with Gasteiger partial charge in [-0.2, -0.15) is 8.42 Å². The summed E-state index contributed by atoms with van der Waals surface area (Å²) in [7, 11) is -2.69. The number of rotatable bonds is 3. The number of amides is 1. The van der Waals surface area contributed by atoms with Crippen molar-refractivity contribution in [3.63, 3.8) is 0 Å². The highest BCUT2D eigenvalue weighted by Gasteiger charge is 2.13. The normalized spacial score (nSPS) is 10.6. The first-order chi connectivity index (χ1) is 7.86. The van der Waals surface area contributed by atoms with E-state index in [1.165, 1.54) is 17.0 Å². The largest absolute Gasteiger partial charge is 0.331 e. The Labute approximate surface area is 99.8 Å². The van der Waals surface area contributed by atoms with Crippen LogP contribution in [-0.2, 0) is 10.1 Å². The molecule has 0 aliphatic carbocycles. The lowest BCUT2D eigenvalue weighted by molar-refractivity contribution is 0.0812. The van der Waals surface area contributed by atoms with Crippen LogP contribution in [0, 0.1) is 12.3 Å². The molecular weight excluding hydrogens is 242 g/mol. The molecule has 17 heavy (non-hydrogen) atoms. The van der Waals surface area contributed by atoms with Crippen LogP contribution in [0.3, 0.4) is 0 Å². The molecule has 90 valence electrons. The molecule has 1 rings (SSSR count). The molecule has 1 aromatic carbocycles. The summed E-state index contributed by atoms with van der Waals surface area (Å²) in [6.45, 7) is 0.166. The van der Waals surface area contributed by atoms with Gasteiger partial charge in [-0.1, -0.05) is 5.92 Å². The number of benzene rings is 1. The molecule has 0 aromatic heterocycles. The lowest BCUT2D eigenvalue weighted by Gasteiger charge is -2.13. The van der Waals surface area contributed by atoms with Crippen LogP contribution >= 0.6 is 0 Å². The quantitative estimate of drug-likeness (QED) is 0.633. The molecule has 0 saturated carbocycles. The Bertz CT molecular complexity index is 554. The molecule has 0 bridgehead atoms. The molecule has 0 aliphatic rings. The number of carbonyl (C=O) groups excluding carboxylic acids is 1. The third kappa shape index (κ3) is 3.31. The minimum absolute atomic E-state index is 0.166. The zero-order chi connectivity index (χ0) is 13.1. The molecule has 0 heterocycles. The second kappa shape index (κ2) is 4.99. The third-order valence-electron chi connectivity index (χ3n) is 2.07. The Hall–Kier alpha value is -1.84. The Balaban J connectivity index is 2.97. The fourth-order valence-corrected chi connectivity index (χ4v) is 1.68. The van der Waals surface area contributed by atoms with Crippen molar-refractivity contribution in [3.05, 3.63) is 29.8 Å². The average Bonchev–Trinajstić information content (AvgIpc) is 2.27. The number of carbonyl (C=O) groups is 1. The molecule has 1 N–H and O–H groups in total. The fraction of sp³-hybridized carbons (Fsp3) is 0.182. The Morgan fingerprint density at radius 1 is 1.41 bits per heavy atom. The maximum atomic E-state index is 11.7. The van der Waals surface area contributed by atoms with Gasteiger partial charge in [0.05, 0.1) is 11.4 Å². The van der Waals surface area contributed by atoms with E-state index in [2.05, 4.69) is 5.92 Å². The van der Waals surface area contributed by atoms with Crippen molar-refractivity contribution < 1.29 is 17.8 Å². The van der Waals surface area contributed by atoms with E-state index in [0.717, 1.165) is 12.1 Å². The van der Waals surface area contributed by atoms with Gasteiger partial charge in [0.1, 0.15) is 0 Å². The van der Waals surface area contributed by atoms with Crippen LogP contribution in [0.2, 0.25) is 0 Å². The van der Waals surface area contributed by atoms with Crippen molar-refractivity contribution >= 4 is 16.0 Å². The van der Waals surface area contributed by atoms with E-state index >= 15 is 0 Å². The van der Waals surface area contributed by atoms with Crippen LogP contribution < -0.4 is 0 Å². The fourth-order valence-electron chi connectivity index (χ4n) is 1.20. The van der Waals surface area contributed by atoms with Gasteiger partial charge in [-0.15, -0.1) is 6.42 Å². The van der Waals surface area contributed by atoms with Crippen LogP contribution in [0.5, 0.6) is 0 Å². The summed E-state index contributed by atoms with van der Waals surface area (Å²) in [4.78, 5) is 12.8. The van der Waals surface area contributed by atoms with Gasteiger partial charge in [0.15, 0.2) is 0 Å². The highest BCUT2D eigenvalue weighted by molar-refractivity contribution is 7.85. The highest BCUT2D eigenvalue weighted by Crippen LogP contribution is 2.11. The van der Waals surface area contributed by atoms with Gasteiger partial charge in [-0.25, -0.2) is 0 Å². The molecule has 0 fully saturated rings. The predicted octanol–water partition coefficient (Wildman–Crippen LogP) is 0.639. The van der Waals surface area contributed by atoms with E-state index in [1.807, 2.05) is 0 Å². The van der Waals surface area contributed by atoms with Crippen LogP contribution in [0.15, 0.2) is 29.2 Å². The summed E-state index contributed by atoms with van der Waals surface area (Å²) in [6.07, 6.45) is 5.07. The molecule has 0 spiro atoms. The molecule has 0 aliphatic heterocycles. The number of hydrogen-bond acceptors (Lipinski definition) is 3. The van der Waals surface area contributed by atoms with Gasteiger partial charge in [0.25, 0.3) is 16.0 Å². The zero-order valence-electron chi connectivity index (χ0n) is 9.12. The van der Waals surface area contributed by atoms with Crippen molar-refractivity contribution in [2.24, 2.45) is 0 Å². The molecule has 0 saturated heterocycles. The third-order valence-corrected chi connectivity index (χ3v) is 2.94. The van der Waals surface area contributed by atoms with Crippen LogP contribution in [0.4, 0.5) is 0 Å². The Morgan fingerprint density at radius 3 is 2.35 bits per heavy atom. The molecule has 0 radical (unpaired) electrons. The Morgan fingerprint density at radius 2 is 1.94 bits per heavy atom. The lowest BCUT2D eigenvalue weighted by Crippen LogP contribution is -2.26. The molecule has 6 heteroatoms. The second-order valence-corrected chi connectivity index (χ2v) is 4.79. The lowest BCUT2D eigenvalue weighted by atomic mass is 10.2. The number of nitrogens with zero attached hydrogens (tertiary/aromatic N) is 1. The van der Waals surface area contributed by atoms with E-state index in [1.54, 1.807) is 7.05 Å². The summed E-state index contributed by atoms with van der Waals surface area (Å²) in [5.41, 5.74) is 0.301. The van der Waals surface area contributed by atoms with Crippen LogP contribution in [0.1, 0.15) is 10.4 Å². The second-order valence-electron chi connectivity index (χ2n) is 3.36. The maximum Gasteiger partial charge on any atom is 0.294 e. The summed E-state index contributed by atoms with van der Waals surface area (Å²) in [5, 5.41) is 0. The van der Waals surface area contributed by atoms with Gasteiger partial charge < -0.3 is 4.90 Å². The monoisotopic (exact) mass is 253 g/mol. The topological polar surface area (TPSA) is 74.7 Å². The average molecular weight is 253 g/mol. The highest BCUT2D eigenvalue weighted by atomic mass is 32.2. The molecule has 0 unspecified atom stereocenters. The van der Waals surface area contributed by atoms with Gasteiger partial charge in [-0.3, -0.25) is 9.35 Å². The summed E-state index contributed by atoms with van der Waals surface area (Å²) >= 11 is 0. The number of hydrogen-bond donors (Lipinski definition) is 1. The van der Waals surface area contributed by atoms with E-state index in [9.17, 15) is 13.2 Å². The van der Waals surface area contributed by atoms with Crippen molar-refractivity contribution in [2.45, 2.75) is 4.90 Å². The molecular formula is C11H11NO4S. The maximum absolute atomic E-state index is 11.7. The first-order valence-electron chi connectivity index (χ1n) is 4.62. The van der Waals surface area contributed by atoms with E-state index < -0.39 is 10.1 Å². The summed E-state index contributed by atoms with van der Waals surface area (Å²) in [5.74, 6) is 2.01. The Kier molecular flexibility index (Phi) is 3.89. The minimum atomic E-state index is -4.23. The molecule has 0 atom stereocenters. The SMILES string of the molecule is C#CCN(C)C(=O)c1ccc(S(=O)(=O)O)cc1. The predicted molar refractivity (Wildman–Crippen MR) is 62.1 cm³/mol. The minimum Gasteiger partial charge on any atom is -0.331 e. The zero-order valence-corrected chi connectivity index (χ0v) is 9.94. The smallest absolute Gasteiger partial charge is 0.294 e. The van der Waals surface area contributed by atoms with Crippen molar-refractivity contribution in [1.29, 1.82) is 0 Å². The van der Waals surface area contributed by atoms with Crippen LogP contribution in [-0.4, -0.2) is 37.4 Å². The molecule has 1 aromatic rings. The molecule has 1 amide bonds. The van der Waals surface area contributed by atoms with E-state index in [4.69, 9.17) is 11.0 Å². The van der Waals surface area contributed by atoms with E-state index in [0.29, 0.717) is 5.56 Å². The van der Waals surface area contributed by atoms with Gasteiger partial charge in [-0.05, 0) is 24.3 Å². The number of terminal acetylenes is 1. The standard InChI is InChI=1S/C11H11NO4S/c1-3-8-12(2)11(13)9-4-6-10(7-5-9)17(14,15)16/h1,4-7H,8H2,2H3,(H,14,15,16). The first kappa shape index (κ1) is 13.2. The molecule has 5 nitrogen and oxygen atoms in total. The summed E-state index contributed by atoms with van der Waals surface area (Å²) in [6, 6.07) is 4.95. The van der Waals surface area contributed by atoms with Crippen molar-refractivity contribution in [1.82, 2.24) is 4.90 Å².